The van der Waals surface area contributed by atoms with E-state index < -0.39 is 0 Å². The summed E-state index contributed by atoms with van der Waals surface area (Å²) in [5.74, 6) is 2.66. The molecular weight excluding hydrogens is 122 g/mol. The summed E-state index contributed by atoms with van der Waals surface area (Å²) in [4.78, 5) is 0. The van der Waals surface area contributed by atoms with Crippen LogP contribution in [0.25, 0.3) is 0 Å². The van der Waals surface area contributed by atoms with Crippen molar-refractivity contribution in [2.45, 2.75) is 25.8 Å². The van der Waals surface area contributed by atoms with Crippen LogP contribution in [-0.2, 0) is 0 Å². The van der Waals surface area contributed by atoms with E-state index in [1.165, 1.54) is 0 Å². The number of rotatable bonds is 5. The molecule has 1 atom stereocenters. The normalized spacial score (nSPS) is 12.0. The molecule has 0 aliphatic rings. The van der Waals surface area contributed by atoms with E-state index in [0.717, 1.165) is 19.4 Å². The van der Waals surface area contributed by atoms with Crippen LogP contribution in [0.4, 0.5) is 0 Å². The Bertz CT molecular complexity index is 121. The molecule has 0 saturated carbocycles. The second-order valence-corrected chi connectivity index (χ2v) is 2.20. The Labute approximate surface area is 63.5 Å². The largest absolute Gasteiger partial charge is 0.303 e. The monoisotopic (exact) mass is 137 g/mol. The summed E-state index contributed by atoms with van der Waals surface area (Å²) >= 11 is 0. The van der Waals surface area contributed by atoms with Gasteiger partial charge in [-0.2, -0.15) is 0 Å². The maximum Gasteiger partial charge on any atom is 0.0721 e. The molecule has 10 heavy (non-hydrogen) atoms. The standard InChI is InChI=1S/C9H15N/c1-4-7-9(6-3)10-8-5-2/h3-4,9-10H,1,5,7-8H2,2H3. The Kier molecular flexibility index (Phi) is 5.91. The van der Waals surface area contributed by atoms with E-state index in [2.05, 4.69) is 24.7 Å². The molecule has 0 aromatic heterocycles. The summed E-state index contributed by atoms with van der Waals surface area (Å²) in [7, 11) is 0. The molecular formula is C9H15N. The molecule has 0 heterocycles. The van der Waals surface area contributed by atoms with Crippen molar-refractivity contribution in [2.24, 2.45) is 0 Å². The van der Waals surface area contributed by atoms with E-state index >= 15 is 0 Å². The van der Waals surface area contributed by atoms with Crippen LogP contribution in [0.3, 0.4) is 0 Å². The molecule has 0 aliphatic carbocycles. The molecule has 0 fully saturated rings. The average molecular weight is 137 g/mol. The van der Waals surface area contributed by atoms with E-state index in [-0.39, 0.29) is 6.04 Å². The van der Waals surface area contributed by atoms with Gasteiger partial charge in [-0.1, -0.05) is 18.9 Å². The van der Waals surface area contributed by atoms with E-state index in [1.807, 2.05) is 6.08 Å². The van der Waals surface area contributed by atoms with Gasteiger partial charge >= 0.3 is 0 Å². The van der Waals surface area contributed by atoms with Gasteiger partial charge in [-0.25, -0.2) is 0 Å². The molecule has 0 rings (SSSR count). The highest BCUT2D eigenvalue weighted by atomic mass is 14.9. The molecule has 1 nitrogen and oxygen atoms in total. The van der Waals surface area contributed by atoms with Gasteiger partial charge in [0.25, 0.3) is 0 Å². The number of terminal acetylenes is 1. The van der Waals surface area contributed by atoms with E-state index in [1.54, 1.807) is 0 Å². The number of hydrogen-bond acceptors (Lipinski definition) is 1. The van der Waals surface area contributed by atoms with E-state index in [4.69, 9.17) is 6.42 Å². The minimum absolute atomic E-state index is 0.178. The number of hydrogen-bond donors (Lipinski definition) is 1. The van der Waals surface area contributed by atoms with Crippen molar-refractivity contribution >= 4 is 0 Å². The van der Waals surface area contributed by atoms with Gasteiger partial charge in [-0.05, 0) is 19.4 Å². The summed E-state index contributed by atoms with van der Waals surface area (Å²) in [5, 5.41) is 3.21. The fourth-order valence-corrected chi connectivity index (χ4v) is 0.696. The van der Waals surface area contributed by atoms with Crippen LogP contribution >= 0.6 is 0 Å². The quantitative estimate of drug-likeness (QED) is 0.448. The lowest BCUT2D eigenvalue weighted by Gasteiger charge is -2.08. The molecule has 0 radical (unpaired) electrons. The second-order valence-electron chi connectivity index (χ2n) is 2.20. The molecule has 1 unspecified atom stereocenters. The molecule has 0 amide bonds. The zero-order chi connectivity index (χ0) is 7.82. The SMILES string of the molecule is C#CC(CC=C)NCCC. The smallest absolute Gasteiger partial charge is 0.0721 e. The molecule has 1 N–H and O–H groups in total. The maximum atomic E-state index is 5.24. The van der Waals surface area contributed by atoms with Crippen molar-refractivity contribution in [2.75, 3.05) is 6.54 Å². The van der Waals surface area contributed by atoms with Gasteiger partial charge in [0.1, 0.15) is 0 Å². The molecule has 0 spiro atoms. The summed E-state index contributed by atoms with van der Waals surface area (Å²) in [5.41, 5.74) is 0. The third-order valence-corrected chi connectivity index (χ3v) is 1.24. The van der Waals surface area contributed by atoms with Crippen LogP contribution in [-0.4, -0.2) is 12.6 Å². The Morgan fingerprint density at radius 2 is 2.50 bits per heavy atom. The third-order valence-electron chi connectivity index (χ3n) is 1.24. The molecule has 0 aliphatic heterocycles. The van der Waals surface area contributed by atoms with Crippen LogP contribution in [0.1, 0.15) is 19.8 Å². The highest BCUT2D eigenvalue weighted by Crippen LogP contribution is 1.89. The first kappa shape index (κ1) is 9.26. The average Bonchev–Trinajstić information content (AvgIpc) is 1.98. The van der Waals surface area contributed by atoms with Crippen LogP contribution in [0.2, 0.25) is 0 Å². The summed E-state index contributed by atoms with van der Waals surface area (Å²) in [6.07, 6.45) is 9.06. The first-order chi connectivity index (χ1) is 4.85. The Hall–Kier alpha value is -0.740. The van der Waals surface area contributed by atoms with Gasteiger partial charge < -0.3 is 5.32 Å². The Morgan fingerprint density at radius 1 is 1.80 bits per heavy atom. The number of nitrogens with one attached hydrogen (secondary N) is 1. The Morgan fingerprint density at radius 3 is 2.90 bits per heavy atom. The van der Waals surface area contributed by atoms with Gasteiger partial charge in [0.15, 0.2) is 0 Å². The highest BCUT2D eigenvalue weighted by Gasteiger charge is 1.97. The molecule has 0 aromatic carbocycles. The predicted molar refractivity (Wildman–Crippen MR) is 45.7 cm³/mol. The zero-order valence-electron chi connectivity index (χ0n) is 6.56. The van der Waals surface area contributed by atoms with Gasteiger partial charge in [0, 0.05) is 0 Å². The first-order valence-electron chi connectivity index (χ1n) is 3.65. The maximum absolute atomic E-state index is 5.24. The minimum atomic E-state index is 0.178. The molecule has 0 aromatic rings. The molecule has 0 bridgehead atoms. The predicted octanol–water partition coefficient (Wildman–Crippen LogP) is 1.56. The lowest BCUT2D eigenvalue weighted by atomic mass is 10.2. The third kappa shape index (κ3) is 4.17. The minimum Gasteiger partial charge on any atom is -0.303 e. The summed E-state index contributed by atoms with van der Waals surface area (Å²) in [6.45, 7) is 6.73. The van der Waals surface area contributed by atoms with Crippen LogP contribution in [0.15, 0.2) is 12.7 Å². The van der Waals surface area contributed by atoms with E-state index in [0.29, 0.717) is 0 Å². The van der Waals surface area contributed by atoms with Crippen molar-refractivity contribution < 1.29 is 0 Å². The molecule has 1 heteroatoms. The fraction of sp³-hybridized carbons (Fsp3) is 0.556. The van der Waals surface area contributed by atoms with E-state index in [9.17, 15) is 0 Å². The first-order valence-corrected chi connectivity index (χ1v) is 3.65. The topological polar surface area (TPSA) is 12.0 Å². The fourth-order valence-electron chi connectivity index (χ4n) is 0.696. The lowest BCUT2D eigenvalue weighted by Crippen LogP contribution is -2.27. The van der Waals surface area contributed by atoms with Crippen molar-refractivity contribution in [1.82, 2.24) is 5.32 Å². The highest BCUT2D eigenvalue weighted by molar-refractivity contribution is 5.01. The summed E-state index contributed by atoms with van der Waals surface area (Å²) < 4.78 is 0. The van der Waals surface area contributed by atoms with Crippen molar-refractivity contribution in [3.63, 3.8) is 0 Å². The molecule has 0 saturated heterocycles. The zero-order valence-corrected chi connectivity index (χ0v) is 6.56. The van der Waals surface area contributed by atoms with Crippen LogP contribution in [0, 0.1) is 12.3 Å². The van der Waals surface area contributed by atoms with Crippen molar-refractivity contribution in [1.29, 1.82) is 0 Å². The molecule has 56 valence electrons. The van der Waals surface area contributed by atoms with Crippen LogP contribution < -0.4 is 5.32 Å². The summed E-state index contributed by atoms with van der Waals surface area (Å²) in [6, 6.07) is 0.178. The van der Waals surface area contributed by atoms with Crippen molar-refractivity contribution in [3.05, 3.63) is 12.7 Å². The van der Waals surface area contributed by atoms with Crippen molar-refractivity contribution in [3.8, 4) is 12.3 Å². The lowest BCUT2D eigenvalue weighted by molar-refractivity contribution is 0.606. The second kappa shape index (κ2) is 6.38. The van der Waals surface area contributed by atoms with Gasteiger partial charge in [0.2, 0.25) is 0 Å². The van der Waals surface area contributed by atoms with Gasteiger partial charge in [-0.15, -0.1) is 13.0 Å². The Balaban J connectivity index is 3.42. The van der Waals surface area contributed by atoms with Gasteiger partial charge in [-0.3, -0.25) is 0 Å². The van der Waals surface area contributed by atoms with Gasteiger partial charge in [0.05, 0.1) is 6.04 Å². The van der Waals surface area contributed by atoms with Crippen LogP contribution in [0.5, 0.6) is 0 Å².